The van der Waals surface area contributed by atoms with Crippen molar-refractivity contribution < 1.29 is 23.5 Å². The summed E-state index contributed by atoms with van der Waals surface area (Å²) in [5, 5.41) is 6.40. The third-order valence-corrected chi connectivity index (χ3v) is 8.43. The van der Waals surface area contributed by atoms with Gasteiger partial charge in [-0.05, 0) is 67.8 Å². The standard InChI is InChI=1S/C35H36FN3O4/c1-22-4-11-27(12-5-22)37-33(26-9-7-25(8-10-26)21-39-16-18-42-19-17-39)35-15-14-30(43-35)31(32(35)24(3)40)34(41)38-28-13-6-23(2)29(36)20-28/h4-15,20,30,33,37H,16-19,21H2,1-3H3,(H,38,41). The van der Waals surface area contributed by atoms with E-state index < -0.39 is 29.5 Å². The average molecular weight is 582 g/mol. The Balaban J connectivity index is 1.37. The molecular formula is C35H36FN3O4. The number of hydrogen-bond donors (Lipinski definition) is 2. The summed E-state index contributed by atoms with van der Waals surface area (Å²) < 4.78 is 26.3. The molecule has 6 rings (SSSR count). The Labute approximate surface area is 251 Å². The van der Waals surface area contributed by atoms with Crippen molar-refractivity contribution in [2.75, 3.05) is 36.9 Å². The van der Waals surface area contributed by atoms with Crippen molar-refractivity contribution in [1.29, 1.82) is 0 Å². The molecule has 1 saturated heterocycles. The van der Waals surface area contributed by atoms with Gasteiger partial charge >= 0.3 is 0 Å². The number of fused-ring (bicyclic) bond motifs is 2. The van der Waals surface area contributed by atoms with Gasteiger partial charge in [0.05, 0.1) is 24.8 Å². The minimum atomic E-state index is -1.22. The zero-order valence-corrected chi connectivity index (χ0v) is 24.7. The SMILES string of the molecule is CC(=O)C1=C(C(=O)Nc2ccc(C)c(F)c2)C2C=CC1(C(Nc1ccc(C)cc1)c1ccc(CN3CCOCC3)cc1)O2. The van der Waals surface area contributed by atoms with Crippen molar-refractivity contribution in [1.82, 2.24) is 4.90 Å². The Hall–Kier alpha value is -4.11. The van der Waals surface area contributed by atoms with E-state index in [2.05, 4.69) is 39.8 Å². The van der Waals surface area contributed by atoms with Crippen LogP contribution in [0, 0.1) is 19.7 Å². The van der Waals surface area contributed by atoms with Gasteiger partial charge in [-0.2, -0.15) is 0 Å². The summed E-state index contributed by atoms with van der Waals surface area (Å²) in [7, 11) is 0. The minimum Gasteiger partial charge on any atom is -0.379 e. The van der Waals surface area contributed by atoms with Gasteiger partial charge in [-0.3, -0.25) is 14.5 Å². The number of morpholine rings is 1. The van der Waals surface area contributed by atoms with E-state index in [9.17, 15) is 14.0 Å². The molecule has 3 aliphatic heterocycles. The van der Waals surface area contributed by atoms with Crippen LogP contribution in [-0.4, -0.2) is 54.6 Å². The van der Waals surface area contributed by atoms with E-state index in [0.717, 1.165) is 49.7 Å². The second kappa shape index (κ2) is 11.9. The van der Waals surface area contributed by atoms with Gasteiger partial charge in [0.1, 0.15) is 17.5 Å². The number of aryl methyl sites for hydroxylation is 2. The smallest absolute Gasteiger partial charge is 0.255 e. The largest absolute Gasteiger partial charge is 0.379 e. The van der Waals surface area contributed by atoms with Crippen molar-refractivity contribution in [2.24, 2.45) is 0 Å². The fourth-order valence-corrected chi connectivity index (χ4v) is 6.14. The molecule has 0 radical (unpaired) electrons. The number of halogens is 1. The molecule has 0 aliphatic carbocycles. The number of Topliss-reactive ketones (excluding diaryl/α,β-unsaturated/α-hetero) is 1. The highest BCUT2D eigenvalue weighted by atomic mass is 19.1. The molecule has 43 heavy (non-hydrogen) atoms. The predicted molar refractivity (Wildman–Crippen MR) is 164 cm³/mol. The molecule has 7 nitrogen and oxygen atoms in total. The van der Waals surface area contributed by atoms with Crippen molar-refractivity contribution in [3.63, 3.8) is 0 Å². The minimum absolute atomic E-state index is 0.246. The van der Waals surface area contributed by atoms with E-state index in [1.165, 1.54) is 18.6 Å². The molecule has 0 aromatic heterocycles. The Bertz CT molecular complexity index is 1590. The average Bonchev–Trinajstić information content (AvgIpc) is 3.58. The van der Waals surface area contributed by atoms with Crippen molar-refractivity contribution in [3.05, 3.63) is 118 Å². The molecule has 3 heterocycles. The molecule has 222 valence electrons. The molecule has 3 unspecified atom stereocenters. The molecule has 3 aliphatic rings. The number of hydrogen-bond acceptors (Lipinski definition) is 6. The van der Waals surface area contributed by atoms with E-state index in [4.69, 9.17) is 9.47 Å². The number of carbonyl (C=O) groups excluding carboxylic acids is 2. The summed E-state index contributed by atoms with van der Waals surface area (Å²) in [6.07, 6.45) is 3.01. The van der Waals surface area contributed by atoms with E-state index >= 15 is 0 Å². The highest BCUT2D eigenvalue weighted by Crippen LogP contribution is 2.51. The molecule has 1 amide bonds. The lowest BCUT2D eigenvalue weighted by Crippen LogP contribution is -2.42. The maximum Gasteiger partial charge on any atom is 0.255 e. The fraction of sp³-hybridized carbons (Fsp3) is 0.314. The number of rotatable bonds is 9. The van der Waals surface area contributed by atoms with Crippen LogP contribution in [0.5, 0.6) is 0 Å². The summed E-state index contributed by atoms with van der Waals surface area (Å²) in [6.45, 7) is 9.25. The van der Waals surface area contributed by atoms with Crippen LogP contribution in [0.25, 0.3) is 0 Å². The number of nitrogens with zero attached hydrogens (tertiary/aromatic N) is 1. The highest BCUT2D eigenvalue weighted by molar-refractivity contribution is 6.13. The number of benzene rings is 3. The third-order valence-electron chi connectivity index (χ3n) is 8.43. The molecule has 0 saturated carbocycles. The monoisotopic (exact) mass is 581 g/mol. The lowest BCUT2D eigenvalue weighted by Gasteiger charge is -2.36. The number of ether oxygens (including phenoxy) is 2. The number of nitrogens with one attached hydrogen (secondary N) is 2. The summed E-state index contributed by atoms with van der Waals surface area (Å²) in [6, 6.07) is 20.4. The third kappa shape index (κ3) is 5.78. The summed E-state index contributed by atoms with van der Waals surface area (Å²) in [5.41, 5.74) is 4.19. The first-order valence-electron chi connectivity index (χ1n) is 14.7. The summed E-state index contributed by atoms with van der Waals surface area (Å²) >= 11 is 0. The van der Waals surface area contributed by atoms with Crippen LogP contribution in [0.3, 0.4) is 0 Å². The Morgan fingerprint density at radius 1 is 1.00 bits per heavy atom. The van der Waals surface area contributed by atoms with Crippen molar-refractivity contribution in [3.8, 4) is 0 Å². The van der Waals surface area contributed by atoms with Gasteiger partial charge in [0, 0.05) is 36.6 Å². The molecule has 2 bridgehead atoms. The van der Waals surface area contributed by atoms with E-state index in [1.54, 1.807) is 19.1 Å². The van der Waals surface area contributed by atoms with Crippen LogP contribution >= 0.6 is 0 Å². The van der Waals surface area contributed by atoms with Crippen LogP contribution in [0.15, 0.2) is 90.0 Å². The van der Waals surface area contributed by atoms with Crippen LogP contribution in [0.2, 0.25) is 0 Å². The van der Waals surface area contributed by atoms with Crippen LogP contribution in [-0.2, 0) is 25.6 Å². The van der Waals surface area contributed by atoms with Gasteiger partial charge in [-0.15, -0.1) is 0 Å². The molecule has 0 spiro atoms. The quantitative estimate of drug-likeness (QED) is 0.318. The van der Waals surface area contributed by atoms with Crippen LogP contribution in [0.4, 0.5) is 15.8 Å². The predicted octanol–water partition coefficient (Wildman–Crippen LogP) is 5.66. The molecule has 3 atom stereocenters. The molecule has 2 N–H and O–H groups in total. The Morgan fingerprint density at radius 3 is 2.37 bits per heavy atom. The molecule has 3 aromatic carbocycles. The lowest BCUT2D eigenvalue weighted by molar-refractivity contribution is -0.116. The lowest BCUT2D eigenvalue weighted by atomic mass is 9.77. The number of carbonyl (C=O) groups is 2. The van der Waals surface area contributed by atoms with Gasteiger partial charge in [0.25, 0.3) is 5.91 Å². The summed E-state index contributed by atoms with van der Waals surface area (Å²) in [5.74, 6) is -1.16. The van der Waals surface area contributed by atoms with E-state index in [1.807, 2.05) is 43.3 Å². The molecule has 1 fully saturated rings. The first kappa shape index (κ1) is 29.0. The van der Waals surface area contributed by atoms with Gasteiger partial charge in [0.15, 0.2) is 5.78 Å². The summed E-state index contributed by atoms with van der Waals surface area (Å²) in [4.78, 5) is 29.4. The zero-order valence-electron chi connectivity index (χ0n) is 24.7. The number of ketones is 1. The van der Waals surface area contributed by atoms with Gasteiger partial charge < -0.3 is 20.1 Å². The normalized spacial score (nSPS) is 22.1. The second-order valence-corrected chi connectivity index (χ2v) is 11.5. The van der Waals surface area contributed by atoms with E-state index in [-0.39, 0.29) is 11.4 Å². The zero-order chi connectivity index (χ0) is 30.1. The van der Waals surface area contributed by atoms with Crippen molar-refractivity contribution >= 4 is 23.1 Å². The molecule has 8 heteroatoms. The van der Waals surface area contributed by atoms with E-state index in [0.29, 0.717) is 16.8 Å². The number of amides is 1. The van der Waals surface area contributed by atoms with Crippen LogP contribution < -0.4 is 10.6 Å². The van der Waals surface area contributed by atoms with Gasteiger partial charge in [-0.1, -0.05) is 54.1 Å². The maximum atomic E-state index is 14.2. The Morgan fingerprint density at radius 2 is 1.70 bits per heavy atom. The van der Waals surface area contributed by atoms with Crippen LogP contribution in [0.1, 0.15) is 35.2 Å². The molecular weight excluding hydrogens is 545 g/mol. The fourth-order valence-electron chi connectivity index (χ4n) is 6.14. The van der Waals surface area contributed by atoms with Crippen molar-refractivity contribution in [2.45, 2.75) is 45.1 Å². The second-order valence-electron chi connectivity index (χ2n) is 11.5. The van der Waals surface area contributed by atoms with Gasteiger partial charge in [-0.25, -0.2) is 4.39 Å². The first-order valence-corrected chi connectivity index (χ1v) is 14.7. The molecule has 3 aromatic rings. The Kier molecular flexibility index (Phi) is 8.01. The highest BCUT2D eigenvalue weighted by Gasteiger charge is 2.57. The van der Waals surface area contributed by atoms with Gasteiger partial charge in [0.2, 0.25) is 0 Å². The number of anilines is 2. The first-order chi connectivity index (χ1) is 20.7. The topological polar surface area (TPSA) is 79.9 Å². The maximum absolute atomic E-state index is 14.2.